The van der Waals surface area contributed by atoms with Gasteiger partial charge in [0.2, 0.25) is 0 Å². The number of hydrogen-bond acceptors (Lipinski definition) is 6. The number of carbonyl (C=O) groups excluding carboxylic acids is 1. The van der Waals surface area contributed by atoms with E-state index in [4.69, 9.17) is 9.47 Å². The van der Waals surface area contributed by atoms with Crippen molar-refractivity contribution in [2.75, 3.05) is 26.3 Å². The molecular weight excluding hydrogens is 338 g/mol. The maximum absolute atomic E-state index is 12.7. The van der Waals surface area contributed by atoms with Gasteiger partial charge in [-0.2, -0.15) is 0 Å². The number of nitrogens with one attached hydrogen (secondary N) is 1. The minimum Gasteiger partial charge on any atom is -0.490 e. The van der Waals surface area contributed by atoms with Crippen LogP contribution < -0.4 is 14.8 Å². The molecule has 0 aromatic heterocycles. The number of aliphatic imine (C=N–C) groups is 1. The molecule has 0 aliphatic carbocycles. The summed E-state index contributed by atoms with van der Waals surface area (Å²) in [6.07, 6.45) is 0.876. The van der Waals surface area contributed by atoms with Crippen LogP contribution in [0.1, 0.15) is 31.9 Å². The molecule has 0 bridgehead atoms. The smallest absolute Gasteiger partial charge is 0.260 e. The average molecular weight is 359 g/mol. The summed E-state index contributed by atoms with van der Waals surface area (Å²) in [5.41, 5.74) is 1.99. The van der Waals surface area contributed by atoms with Crippen LogP contribution in [0.2, 0.25) is 0 Å². The number of allylic oxidation sites excluding steroid dienone is 1. The molecule has 3 aliphatic heterocycles. The number of amidine groups is 1. The predicted molar refractivity (Wildman–Crippen MR) is 97.9 cm³/mol. The third-order valence-corrected chi connectivity index (χ3v) is 5.77. The van der Waals surface area contributed by atoms with Crippen molar-refractivity contribution in [2.24, 2.45) is 4.99 Å². The lowest BCUT2D eigenvalue weighted by Crippen LogP contribution is -2.27. The van der Waals surface area contributed by atoms with E-state index in [2.05, 4.69) is 15.2 Å². The molecular formula is C18H21N3O3S. The highest BCUT2D eigenvalue weighted by atomic mass is 32.2. The second kappa shape index (κ2) is 6.63. The van der Waals surface area contributed by atoms with Crippen LogP contribution in [0.3, 0.4) is 0 Å². The molecule has 0 saturated carbocycles. The molecule has 3 aliphatic rings. The van der Waals surface area contributed by atoms with Crippen molar-refractivity contribution in [3.05, 3.63) is 34.4 Å². The summed E-state index contributed by atoms with van der Waals surface area (Å²) >= 11 is 1.46. The third kappa shape index (κ3) is 3.08. The quantitative estimate of drug-likeness (QED) is 0.899. The van der Waals surface area contributed by atoms with Gasteiger partial charge < -0.3 is 19.7 Å². The number of thioether (sulfide) groups is 1. The summed E-state index contributed by atoms with van der Waals surface area (Å²) in [6, 6.07) is 5.72. The van der Waals surface area contributed by atoms with Crippen molar-refractivity contribution < 1.29 is 14.3 Å². The molecule has 0 saturated heterocycles. The number of amides is 1. The normalized spacial score (nSPS) is 20.1. The summed E-state index contributed by atoms with van der Waals surface area (Å²) in [6.45, 7) is 6.95. The van der Waals surface area contributed by atoms with E-state index in [0.29, 0.717) is 13.2 Å². The van der Waals surface area contributed by atoms with Gasteiger partial charge in [0.05, 0.1) is 30.7 Å². The molecule has 1 atom stereocenters. The van der Waals surface area contributed by atoms with E-state index in [9.17, 15) is 4.79 Å². The molecule has 4 rings (SSSR count). The Morgan fingerprint density at radius 2 is 2.12 bits per heavy atom. The molecule has 132 valence electrons. The predicted octanol–water partition coefficient (Wildman–Crippen LogP) is 2.68. The lowest BCUT2D eigenvalue weighted by Gasteiger charge is -2.17. The lowest BCUT2D eigenvalue weighted by atomic mass is 10.1. The monoisotopic (exact) mass is 359 g/mol. The molecule has 1 aromatic rings. The number of ether oxygens (including phenoxy) is 2. The second-order valence-corrected chi connectivity index (χ2v) is 7.26. The topological polar surface area (TPSA) is 63.2 Å². The average Bonchev–Trinajstić information content (AvgIpc) is 3.09. The number of nitrogens with zero attached hydrogens (tertiary/aromatic N) is 2. The third-order valence-electron chi connectivity index (χ3n) is 4.55. The minimum atomic E-state index is -0.122. The fourth-order valence-corrected chi connectivity index (χ4v) is 4.20. The Morgan fingerprint density at radius 1 is 1.32 bits per heavy atom. The van der Waals surface area contributed by atoms with Crippen molar-refractivity contribution in [3.63, 3.8) is 0 Å². The Morgan fingerprint density at radius 3 is 2.92 bits per heavy atom. The van der Waals surface area contributed by atoms with Gasteiger partial charge in [-0.25, -0.2) is 0 Å². The summed E-state index contributed by atoms with van der Waals surface area (Å²) in [4.78, 5) is 20.0. The zero-order chi connectivity index (χ0) is 17.4. The number of fused-ring (bicyclic) bond motifs is 2. The molecule has 0 fully saturated rings. The Kier molecular flexibility index (Phi) is 4.33. The van der Waals surface area contributed by atoms with Crippen LogP contribution in [0, 0.1) is 0 Å². The maximum Gasteiger partial charge on any atom is 0.260 e. The Labute approximate surface area is 151 Å². The van der Waals surface area contributed by atoms with Crippen LogP contribution in [0.25, 0.3) is 0 Å². The van der Waals surface area contributed by atoms with E-state index >= 15 is 0 Å². The number of benzene rings is 1. The molecule has 0 spiro atoms. The van der Waals surface area contributed by atoms with Crippen molar-refractivity contribution in [1.82, 2.24) is 10.2 Å². The zero-order valence-electron chi connectivity index (χ0n) is 14.4. The van der Waals surface area contributed by atoms with Crippen LogP contribution in [-0.2, 0) is 4.79 Å². The van der Waals surface area contributed by atoms with Gasteiger partial charge in [-0.15, -0.1) is 0 Å². The molecule has 1 aromatic carbocycles. The van der Waals surface area contributed by atoms with Crippen molar-refractivity contribution >= 4 is 22.8 Å². The first kappa shape index (κ1) is 16.3. The fraction of sp³-hybridized carbons (Fsp3) is 0.444. The van der Waals surface area contributed by atoms with Gasteiger partial charge in [-0.1, -0.05) is 6.07 Å². The Balaban J connectivity index is 1.48. The molecule has 1 N–H and O–H groups in total. The summed E-state index contributed by atoms with van der Waals surface area (Å²) < 4.78 is 11.4. The minimum absolute atomic E-state index is 0.0563. The van der Waals surface area contributed by atoms with E-state index in [-0.39, 0.29) is 11.9 Å². The van der Waals surface area contributed by atoms with Crippen LogP contribution in [0.4, 0.5) is 0 Å². The molecule has 0 unspecified atom stereocenters. The van der Waals surface area contributed by atoms with E-state index in [1.165, 1.54) is 11.8 Å². The number of rotatable bonds is 3. The Bertz CT molecular complexity index is 775. The van der Waals surface area contributed by atoms with E-state index in [1.807, 2.05) is 32.0 Å². The molecule has 6 nitrogen and oxygen atoms in total. The van der Waals surface area contributed by atoms with Gasteiger partial charge in [0.25, 0.3) is 5.91 Å². The second-order valence-electron chi connectivity index (χ2n) is 6.28. The first-order chi connectivity index (χ1) is 12.1. The highest BCUT2D eigenvalue weighted by molar-refractivity contribution is 8.18. The Hall–Kier alpha value is -2.15. The van der Waals surface area contributed by atoms with Crippen LogP contribution in [0.5, 0.6) is 11.5 Å². The molecule has 1 amide bonds. The van der Waals surface area contributed by atoms with Crippen molar-refractivity contribution in [3.8, 4) is 11.5 Å². The van der Waals surface area contributed by atoms with Crippen LogP contribution in [0.15, 0.2) is 33.8 Å². The lowest BCUT2D eigenvalue weighted by molar-refractivity contribution is -0.117. The highest BCUT2D eigenvalue weighted by Gasteiger charge is 2.33. The van der Waals surface area contributed by atoms with Crippen molar-refractivity contribution in [1.29, 1.82) is 0 Å². The van der Waals surface area contributed by atoms with Gasteiger partial charge in [-0.05, 0) is 43.3 Å². The first-order valence-electron chi connectivity index (χ1n) is 8.54. The standard InChI is InChI=1S/C18H21N3O3S/c1-11(13-4-5-14-15(10-13)24-9-3-8-23-14)20-17(22)16-12(2)21-7-6-19-18(21)25-16/h4-5,10-11H,3,6-9H2,1-2H3,(H,20,22)/t11-/m0/s1. The zero-order valence-corrected chi connectivity index (χ0v) is 15.2. The maximum atomic E-state index is 12.7. The molecule has 0 radical (unpaired) electrons. The van der Waals surface area contributed by atoms with E-state index < -0.39 is 0 Å². The molecule has 3 heterocycles. The highest BCUT2D eigenvalue weighted by Crippen LogP contribution is 2.37. The van der Waals surface area contributed by atoms with Crippen molar-refractivity contribution in [2.45, 2.75) is 26.3 Å². The van der Waals surface area contributed by atoms with Gasteiger partial charge in [0.1, 0.15) is 0 Å². The fourth-order valence-electron chi connectivity index (χ4n) is 3.12. The van der Waals surface area contributed by atoms with Gasteiger partial charge in [-0.3, -0.25) is 9.79 Å². The van der Waals surface area contributed by atoms with Gasteiger partial charge >= 0.3 is 0 Å². The van der Waals surface area contributed by atoms with E-state index in [0.717, 1.165) is 52.3 Å². The molecule has 7 heteroatoms. The SMILES string of the molecule is CC1=C(C(=O)N[C@@H](C)c2ccc3c(c2)OCCCO3)SC2=NCCN21. The van der Waals surface area contributed by atoms with Gasteiger partial charge in [0.15, 0.2) is 16.7 Å². The van der Waals surface area contributed by atoms with Gasteiger partial charge in [0, 0.05) is 18.7 Å². The summed E-state index contributed by atoms with van der Waals surface area (Å²) in [5, 5.41) is 4.02. The first-order valence-corrected chi connectivity index (χ1v) is 9.36. The molecule has 25 heavy (non-hydrogen) atoms. The number of carbonyl (C=O) groups is 1. The summed E-state index contributed by atoms with van der Waals surface area (Å²) in [7, 11) is 0. The van der Waals surface area contributed by atoms with E-state index in [1.54, 1.807) is 0 Å². The summed E-state index contributed by atoms with van der Waals surface area (Å²) in [5.74, 6) is 1.46. The van der Waals surface area contributed by atoms with Crippen LogP contribution >= 0.6 is 11.8 Å². The largest absolute Gasteiger partial charge is 0.490 e. The number of hydrogen-bond donors (Lipinski definition) is 1. The van der Waals surface area contributed by atoms with Crippen LogP contribution in [-0.4, -0.2) is 42.3 Å².